The predicted octanol–water partition coefficient (Wildman–Crippen LogP) is 3.51. The molecule has 2 rings (SSSR count). The first-order valence-electron chi connectivity index (χ1n) is 4.28. The number of rotatable bonds is 0. The van der Waals surface area contributed by atoms with Gasteiger partial charge in [-0.1, -0.05) is 30.4 Å². The van der Waals surface area contributed by atoms with Crippen LogP contribution in [0.15, 0.2) is 24.3 Å². The maximum atomic E-state index is 5.18. The van der Waals surface area contributed by atoms with Crippen LogP contribution in [0.25, 0.3) is 10.9 Å². The fourth-order valence-electron chi connectivity index (χ4n) is 1.49. The first-order valence-corrected chi connectivity index (χ1v) is 4.68. The van der Waals surface area contributed by atoms with Crippen molar-refractivity contribution < 1.29 is 0 Å². The van der Waals surface area contributed by atoms with E-state index >= 15 is 0 Å². The second-order valence-electron chi connectivity index (χ2n) is 3.32. The van der Waals surface area contributed by atoms with Crippen molar-refractivity contribution in [2.75, 3.05) is 0 Å². The van der Waals surface area contributed by atoms with Gasteiger partial charge in [-0.05, 0) is 36.4 Å². The van der Waals surface area contributed by atoms with Crippen molar-refractivity contribution in [2.24, 2.45) is 0 Å². The molecule has 0 saturated heterocycles. The molecule has 0 saturated carbocycles. The van der Waals surface area contributed by atoms with E-state index < -0.39 is 0 Å². The lowest BCUT2D eigenvalue weighted by molar-refractivity contribution is 1.28. The molecule has 0 spiro atoms. The molecular formula is C11H11NS. The van der Waals surface area contributed by atoms with Gasteiger partial charge in [0.15, 0.2) is 0 Å². The van der Waals surface area contributed by atoms with E-state index in [1.54, 1.807) is 0 Å². The van der Waals surface area contributed by atoms with Crippen LogP contribution in [0.1, 0.15) is 11.1 Å². The number of aryl methyl sites for hydroxylation is 2. The molecule has 0 fully saturated rings. The Morgan fingerprint density at radius 3 is 2.69 bits per heavy atom. The zero-order chi connectivity index (χ0) is 9.42. The molecule has 1 heterocycles. The van der Waals surface area contributed by atoms with Crippen LogP contribution in [-0.2, 0) is 0 Å². The SMILES string of the molecule is Cc1cc2cccc(C)c2[nH]c1=S. The summed E-state index contributed by atoms with van der Waals surface area (Å²) in [6.45, 7) is 4.11. The van der Waals surface area contributed by atoms with Gasteiger partial charge in [0.05, 0.1) is 0 Å². The quantitative estimate of drug-likeness (QED) is 0.627. The van der Waals surface area contributed by atoms with Gasteiger partial charge in [0, 0.05) is 5.52 Å². The average Bonchev–Trinajstić information content (AvgIpc) is 2.09. The second-order valence-corrected chi connectivity index (χ2v) is 3.73. The Balaban J connectivity index is 2.97. The molecule has 0 aliphatic heterocycles. The van der Waals surface area contributed by atoms with E-state index in [0.717, 1.165) is 15.7 Å². The maximum absolute atomic E-state index is 5.18. The minimum atomic E-state index is 0.835. The summed E-state index contributed by atoms with van der Waals surface area (Å²) in [6.07, 6.45) is 0. The topological polar surface area (TPSA) is 15.8 Å². The number of hydrogen-bond donors (Lipinski definition) is 1. The van der Waals surface area contributed by atoms with Gasteiger partial charge in [0.25, 0.3) is 0 Å². The molecular weight excluding hydrogens is 178 g/mol. The van der Waals surface area contributed by atoms with Crippen LogP contribution in [0, 0.1) is 18.5 Å². The molecule has 13 heavy (non-hydrogen) atoms. The van der Waals surface area contributed by atoms with Crippen molar-refractivity contribution in [3.63, 3.8) is 0 Å². The van der Waals surface area contributed by atoms with Crippen LogP contribution < -0.4 is 0 Å². The van der Waals surface area contributed by atoms with Crippen LogP contribution >= 0.6 is 12.2 Å². The first kappa shape index (κ1) is 8.45. The fraction of sp³-hybridized carbons (Fsp3) is 0.182. The fourth-order valence-corrected chi connectivity index (χ4v) is 1.65. The zero-order valence-electron chi connectivity index (χ0n) is 7.72. The Hall–Kier alpha value is -1.15. The Bertz CT molecular complexity index is 511. The predicted molar refractivity (Wildman–Crippen MR) is 58.6 cm³/mol. The van der Waals surface area contributed by atoms with Gasteiger partial charge in [0.1, 0.15) is 4.64 Å². The normalized spacial score (nSPS) is 10.6. The highest BCUT2D eigenvalue weighted by Crippen LogP contribution is 2.17. The van der Waals surface area contributed by atoms with Crippen LogP contribution in [0.3, 0.4) is 0 Å². The van der Waals surface area contributed by atoms with Crippen molar-refractivity contribution in [3.8, 4) is 0 Å². The largest absolute Gasteiger partial charge is 0.346 e. The van der Waals surface area contributed by atoms with Gasteiger partial charge in [0.2, 0.25) is 0 Å². The molecule has 0 amide bonds. The summed E-state index contributed by atoms with van der Waals surface area (Å²) in [7, 11) is 0. The molecule has 1 aromatic carbocycles. The molecule has 2 heteroatoms. The number of aromatic nitrogens is 1. The van der Waals surface area contributed by atoms with Crippen molar-refractivity contribution in [1.82, 2.24) is 4.98 Å². The number of pyridine rings is 1. The number of nitrogens with one attached hydrogen (secondary N) is 1. The van der Waals surface area contributed by atoms with Gasteiger partial charge in [-0.15, -0.1) is 0 Å². The van der Waals surface area contributed by atoms with Gasteiger partial charge >= 0.3 is 0 Å². The molecule has 66 valence electrons. The molecule has 0 bridgehead atoms. The van der Waals surface area contributed by atoms with Crippen molar-refractivity contribution in [1.29, 1.82) is 0 Å². The van der Waals surface area contributed by atoms with Gasteiger partial charge in [-0.2, -0.15) is 0 Å². The van der Waals surface area contributed by atoms with Crippen molar-refractivity contribution in [3.05, 3.63) is 40.0 Å². The number of benzene rings is 1. The first-order chi connectivity index (χ1) is 6.18. The third-order valence-electron chi connectivity index (χ3n) is 2.27. The molecule has 1 nitrogen and oxygen atoms in total. The molecule has 0 unspecified atom stereocenters. The van der Waals surface area contributed by atoms with E-state index in [2.05, 4.69) is 36.2 Å². The number of fused-ring (bicyclic) bond motifs is 1. The molecule has 1 aromatic heterocycles. The lowest BCUT2D eigenvalue weighted by Crippen LogP contribution is -1.86. The van der Waals surface area contributed by atoms with Crippen LogP contribution in [-0.4, -0.2) is 4.98 Å². The molecule has 0 radical (unpaired) electrons. The number of hydrogen-bond acceptors (Lipinski definition) is 1. The number of H-pyrrole nitrogens is 1. The third kappa shape index (κ3) is 1.38. The molecule has 0 aliphatic rings. The van der Waals surface area contributed by atoms with Crippen LogP contribution in [0.5, 0.6) is 0 Å². The number of aromatic amines is 1. The Labute approximate surface area is 82.4 Å². The van der Waals surface area contributed by atoms with E-state index in [1.165, 1.54) is 10.9 Å². The molecule has 1 N–H and O–H groups in total. The zero-order valence-corrected chi connectivity index (χ0v) is 8.53. The summed E-state index contributed by atoms with van der Waals surface area (Å²) < 4.78 is 0.835. The standard InChI is InChI=1S/C11H11NS/c1-7-4-3-5-9-6-8(2)11(13)12-10(7)9/h3-6H,1-2H3,(H,12,13). The molecule has 0 aliphatic carbocycles. The highest BCUT2D eigenvalue weighted by molar-refractivity contribution is 7.71. The van der Waals surface area contributed by atoms with Gasteiger partial charge < -0.3 is 4.98 Å². The summed E-state index contributed by atoms with van der Waals surface area (Å²) >= 11 is 5.18. The summed E-state index contributed by atoms with van der Waals surface area (Å²) in [4.78, 5) is 3.24. The lowest BCUT2D eigenvalue weighted by atomic mass is 10.1. The van der Waals surface area contributed by atoms with E-state index in [1.807, 2.05) is 6.92 Å². The second kappa shape index (κ2) is 2.96. The molecule has 0 atom stereocenters. The highest BCUT2D eigenvalue weighted by Gasteiger charge is 1.97. The number of para-hydroxylation sites is 1. The van der Waals surface area contributed by atoms with Gasteiger partial charge in [-0.3, -0.25) is 0 Å². The summed E-state index contributed by atoms with van der Waals surface area (Å²) in [5, 5.41) is 1.23. The summed E-state index contributed by atoms with van der Waals surface area (Å²) in [5.41, 5.74) is 3.52. The Morgan fingerprint density at radius 2 is 1.92 bits per heavy atom. The van der Waals surface area contributed by atoms with Gasteiger partial charge in [-0.25, -0.2) is 0 Å². The molecule has 2 aromatic rings. The van der Waals surface area contributed by atoms with E-state index in [4.69, 9.17) is 12.2 Å². The minimum absolute atomic E-state index is 0.835. The average molecular weight is 189 g/mol. The lowest BCUT2D eigenvalue weighted by Gasteiger charge is -2.03. The van der Waals surface area contributed by atoms with Crippen molar-refractivity contribution in [2.45, 2.75) is 13.8 Å². The smallest absolute Gasteiger partial charge is 0.106 e. The van der Waals surface area contributed by atoms with Crippen molar-refractivity contribution >= 4 is 23.1 Å². The van der Waals surface area contributed by atoms with E-state index in [-0.39, 0.29) is 0 Å². The summed E-state index contributed by atoms with van der Waals surface area (Å²) in [5.74, 6) is 0. The Morgan fingerprint density at radius 1 is 1.15 bits per heavy atom. The monoisotopic (exact) mass is 189 g/mol. The van der Waals surface area contributed by atoms with Crippen LogP contribution in [0.4, 0.5) is 0 Å². The third-order valence-corrected chi connectivity index (χ3v) is 2.70. The Kier molecular flexibility index (Phi) is 1.93. The minimum Gasteiger partial charge on any atom is -0.346 e. The van der Waals surface area contributed by atoms with Crippen LogP contribution in [0.2, 0.25) is 0 Å². The maximum Gasteiger partial charge on any atom is 0.106 e. The highest BCUT2D eigenvalue weighted by atomic mass is 32.1. The summed E-state index contributed by atoms with van der Waals surface area (Å²) in [6, 6.07) is 8.37. The van der Waals surface area contributed by atoms with E-state index in [9.17, 15) is 0 Å². The van der Waals surface area contributed by atoms with E-state index in [0.29, 0.717) is 0 Å².